The third-order valence-electron chi connectivity index (χ3n) is 4.02. The zero-order chi connectivity index (χ0) is 13.2. The Balaban J connectivity index is 2.40. The van der Waals surface area contributed by atoms with Gasteiger partial charge in [-0.15, -0.1) is 0 Å². The number of hydrogen-bond acceptors (Lipinski definition) is 2. The molecule has 0 unspecified atom stereocenters. The first kappa shape index (κ1) is 13.4. The highest BCUT2D eigenvalue weighted by atomic mass is 28.3. The van der Waals surface area contributed by atoms with E-state index in [2.05, 4.69) is 37.4 Å². The lowest BCUT2D eigenvalue weighted by Gasteiger charge is -2.36. The third-order valence-corrected chi connectivity index (χ3v) is 8.07. The molecule has 0 radical (unpaired) electrons. The maximum Gasteiger partial charge on any atom is 0.118 e. The van der Waals surface area contributed by atoms with Gasteiger partial charge in [0.1, 0.15) is 5.75 Å². The molecule has 0 fully saturated rings. The fourth-order valence-electron chi connectivity index (χ4n) is 2.90. The number of aliphatic hydroxyl groups is 1. The fourth-order valence-corrected chi connectivity index (χ4v) is 6.35. The van der Waals surface area contributed by atoms with E-state index in [-0.39, 0.29) is 11.6 Å². The highest BCUT2D eigenvalue weighted by Crippen LogP contribution is 2.34. The van der Waals surface area contributed by atoms with Gasteiger partial charge in [0.2, 0.25) is 0 Å². The smallest absolute Gasteiger partial charge is 0.118 e. The summed E-state index contributed by atoms with van der Waals surface area (Å²) in [5.74, 6) is 0.959. The van der Waals surface area contributed by atoms with Gasteiger partial charge < -0.3 is 9.84 Å². The quantitative estimate of drug-likeness (QED) is 0.670. The molecule has 2 atom stereocenters. The Morgan fingerprint density at radius 2 is 2.00 bits per heavy atom. The summed E-state index contributed by atoms with van der Waals surface area (Å²) in [7, 11) is -0.0503. The van der Waals surface area contributed by atoms with Crippen LogP contribution in [0, 0.1) is 0 Å². The second kappa shape index (κ2) is 5.29. The minimum absolute atomic E-state index is 0.207. The SMILES string of the molecule is COc1ccccc1[Si](C)(C)[C@H]1C=CCC[C@H]1O. The summed E-state index contributed by atoms with van der Waals surface area (Å²) >= 11 is 0. The molecule has 98 valence electrons. The Labute approximate surface area is 110 Å². The monoisotopic (exact) mass is 262 g/mol. The molecule has 0 amide bonds. The van der Waals surface area contributed by atoms with Crippen molar-refractivity contribution in [2.75, 3.05) is 7.11 Å². The Hall–Kier alpha value is -1.06. The minimum atomic E-state index is -1.77. The first-order valence-electron chi connectivity index (χ1n) is 6.55. The molecule has 1 aromatic carbocycles. The predicted octanol–water partition coefficient (Wildman–Crippen LogP) is 2.69. The van der Waals surface area contributed by atoms with E-state index in [4.69, 9.17) is 4.74 Å². The van der Waals surface area contributed by atoms with E-state index in [0.717, 1.165) is 18.6 Å². The number of allylic oxidation sites excluding steroid dienone is 1. The van der Waals surface area contributed by atoms with Crippen LogP contribution in [0.15, 0.2) is 36.4 Å². The first-order chi connectivity index (χ1) is 8.57. The molecule has 1 aliphatic rings. The second-order valence-corrected chi connectivity index (χ2v) is 10.2. The molecule has 1 aromatic rings. The molecule has 18 heavy (non-hydrogen) atoms. The lowest BCUT2D eigenvalue weighted by atomic mass is 10.0. The summed E-state index contributed by atoms with van der Waals surface area (Å²) in [5, 5.41) is 11.6. The fraction of sp³-hybridized carbons (Fsp3) is 0.467. The Morgan fingerprint density at radius 3 is 2.67 bits per heavy atom. The molecule has 0 saturated carbocycles. The Kier molecular flexibility index (Phi) is 3.93. The topological polar surface area (TPSA) is 29.5 Å². The summed E-state index contributed by atoms with van der Waals surface area (Å²) in [6, 6.07) is 8.23. The maximum atomic E-state index is 10.3. The van der Waals surface area contributed by atoms with Gasteiger partial charge in [-0.05, 0) is 24.1 Å². The van der Waals surface area contributed by atoms with Crippen LogP contribution in [0.25, 0.3) is 0 Å². The van der Waals surface area contributed by atoms with Crippen LogP contribution in [0.1, 0.15) is 12.8 Å². The number of rotatable bonds is 3. The summed E-state index contributed by atoms with van der Waals surface area (Å²) < 4.78 is 5.49. The van der Waals surface area contributed by atoms with E-state index < -0.39 is 8.07 Å². The molecule has 0 saturated heterocycles. The molecule has 0 bridgehead atoms. The molecule has 0 heterocycles. The average molecular weight is 262 g/mol. The molecule has 0 spiro atoms. The van der Waals surface area contributed by atoms with Crippen molar-refractivity contribution in [3.8, 4) is 5.75 Å². The van der Waals surface area contributed by atoms with E-state index in [1.165, 1.54) is 5.19 Å². The van der Waals surface area contributed by atoms with Crippen molar-refractivity contribution in [3.05, 3.63) is 36.4 Å². The van der Waals surface area contributed by atoms with Gasteiger partial charge in [-0.1, -0.05) is 43.4 Å². The first-order valence-corrected chi connectivity index (χ1v) is 9.63. The van der Waals surface area contributed by atoms with Crippen molar-refractivity contribution in [2.24, 2.45) is 0 Å². The molecular formula is C15H22O2Si. The number of methoxy groups -OCH3 is 1. The summed E-state index contributed by atoms with van der Waals surface area (Å²) in [6.45, 7) is 4.63. The lowest BCUT2D eigenvalue weighted by Crippen LogP contribution is -2.50. The Bertz CT molecular complexity index is 440. The van der Waals surface area contributed by atoms with Gasteiger partial charge in [-0.25, -0.2) is 0 Å². The van der Waals surface area contributed by atoms with Crippen molar-refractivity contribution in [1.29, 1.82) is 0 Å². The second-order valence-electron chi connectivity index (χ2n) is 5.52. The van der Waals surface area contributed by atoms with Gasteiger partial charge in [-0.2, -0.15) is 0 Å². The standard InChI is InChI=1S/C15H22O2Si/c1-17-13-9-5-7-11-15(13)18(2,3)14-10-6-4-8-12(14)16/h5-7,9-12,14,16H,4,8H2,1-3H3/t12-,14+/m1/s1. The average Bonchev–Trinajstić information content (AvgIpc) is 2.39. The van der Waals surface area contributed by atoms with E-state index >= 15 is 0 Å². The van der Waals surface area contributed by atoms with Gasteiger partial charge in [0.15, 0.2) is 0 Å². The largest absolute Gasteiger partial charge is 0.497 e. The van der Waals surface area contributed by atoms with Crippen LogP contribution in [-0.4, -0.2) is 26.4 Å². The zero-order valence-electron chi connectivity index (χ0n) is 11.4. The third kappa shape index (κ3) is 2.38. The van der Waals surface area contributed by atoms with Crippen molar-refractivity contribution in [1.82, 2.24) is 0 Å². The molecule has 3 heteroatoms. The normalized spacial score (nSPS) is 24.0. The molecular weight excluding hydrogens is 240 g/mol. The highest BCUT2D eigenvalue weighted by molar-refractivity contribution is 6.92. The number of aliphatic hydroxyl groups excluding tert-OH is 1. The number of para-hydroxylation sites is 1. The summed E-state index contributed by atoms with van der Waals surface area (Å²) in [4.78, 5) is 0. The van der Waals surface area contributed by atoms with E-state index in [1.807, 2.05) is 12.1 Å². The van der Waals surface area contributed by atoms with Gasteiger partial charge in [0, 0.05) is 5.54 Å². The van der Waals surface area contributed by atoms with Gasteiger partial charge in [0.05, 0.1) is 21.3 Å². The molecule has 2 nitrogen and oxygen atoms in total. The van der Waals surface area contributed by atoms with Crippen molar-refractivity contribution >= 4 is 13.3 Å². The van der Waals surface area contributed by atoms with Gasteiger partial charge in [0.25, 0.3) is 0 Å². The van der Waals surface area contributed by atoms with E-state index in [9.17, 15) is 5.11 Å². The predicted molar refractivity (Wildman–Crippen MR) is 78.2 cm³/mol. The number of hydrogen-bond donors (Lipinski definition) is 1. The van der Waals surface area contributed by atoms with E-state index in [0.29, 0.717) is 0 Å². The van der Waals surface area contributed by atoms with Crippen LogP contribution in [0.4, 0.5) is 0 Å². The van der Waals surface area contributed by atoms with Crippen LogP contribution in [0.3, 0.4) is 0 Å². The van der Waals surface area contributed by atoms with Crippen molar-refractivity contribution < 1.29 is 9.84 Å². The lowest BCUT2D eigenvalue weighted by molar-refractivity contribution is 0.162. The van der Waals surface area contributed by atoms with Crippen molar-refractivity contribution in [2.45, 2.75) is 37.6 Å². The zero-order valence-corrected chi connectivity index (χ0v) is 12.4. The van der Waals surface area contributed by atoms with Crippen LogP contribution in [0.5, 0.6) is 5.75 Å². The van der Waals surface area contributed by atoms with Gasteiger partial charge in [-0.3, -0.25) is 0 Å². The van der Waals surface area contributed by atoms with Gasteiger partial charge >= 0.3 is 0 Å². The van der Waals surface area contributed by atoms with Crippen LogP contribution in [0.2, 0.25) is 18.6 Å². The minimum Gasteiger partial charge on any atom is -0.497 e. The summed E-state index contributed by atoms with van der Waals surface area (Å²) in [5.41, 5.74) is 0.280. The maximum absolute atomic E-state index is 10.3. The van der Waals surface area contributed by atoms with Crippen LogP contribution in [-0.2, 0) is 0 Å². The van der Waals surface area contributed by atoms with E-state index in [1.54, 1.807) is 7.11 Å². The molecule has 1 aliphatic carbocycles. The molecule has 2 rings (SSSR count). The van der Waals surface area contributed by atoms with Crippen LogP contribution < -0.4 is 9.92 Å². The molecule has 1 N–H and O–H groups in total. The molecule has 0 aromatic heterocycles. The number of benzene rings is 1. The molecule has 0 aliphatic heterocycles. The Morgan fingerprint density at radius 1 is 1.28 bits per heavy atom. The summed E-state index contributed by atoms with van der Waals surface area (Å²) in [6.07, 6.45) is 6.09. The highest BCUT2D eigenvalue weighted by Gasteiger charge is 2.39. The van der Waals surface area contributed by atoms with Crippen LogP contribution >= 0.6 is 0 Å². The van der Waals surface area contributed by atoms with Crippen molar-refractivity contribution in [3.63, 3.8) is 0 Å². The number of ether oxygens (including phenoxy) is 1.